The number of hydrogen-bond donors (Lipinski definition) is 0. The zero-order valence-electron chi connectivity index (χ0n) is 16.2. The van der Waals surface area contributed by atoms with Crippen LogP contribution >= 0.6 is 0 Å². The molecule has 0 bridgehead atoms. The number of aryl methyl sites for hydroxylation is 1. The summed E-state index contributed by atoms with van der Waals surface area (Å²) >= 11 is 0. The predicted molar refractivity (Wildman–Crippen MR) is 97.2 cm³/mol. The first-order chi connectivity index (χ1) is 12.7. The smallest absolute Gasteiger partial charge is 0.132 e. The molecular weight excluding hydrogens is 338 g/mol. The van der Waals surface area contributed by atoms with Crippen LogP contribution in [0.5, 0.6) is 0 Å². The molecule has 1 heterocycles. The Balaban J connectivity index is 1.81. The van der Waals surface area contributed by atoms with Crippen molar-refractivity contribution in [1.29, 1.82) is 0 Å². The van der Waals surface area contributed by atoms with Crippen LogP contribution < -0.4 is 0 Å². The second kappa shape index (κ2) is 15.9. The highest BCUT2D eigenvalue weighted by Crippen LogP contribution is 2.00. The van der Waals surface area contributed by atoms with Gasteiger partial charge in [0, 0.05) is 12.6 Å². The van der Waals surface area contributed by atoms with Crippen LogP contribution in [-0.4, -0.2) is 73.6 Å². The van der Waals surface area contributed by atoms with Gasteiger partial charge in [-0.1, -0.05) is 18.6 Å². The van der Waals surface area contributed by atoms with E-state index in [0.717, 1.165) is 25.0 Å². The van der Waals surface area contributed by atoms with E-state index in [1.807, 2.05) is 10.9 Å². The Kier molecular flexibility index (Phi) is 13.8. The van der Waals surface area contributed by atoms with Gasteiger partial charge in [0.25, 0.3) is 0 Å². The van der Waals surface area contributed by atoms with Crippen molar-refractivity contribution in [1.82, 2.24) is 15.0 Å². The van der Waals surface area contributed by atoms with E-state index >= 15 is 0 Å². The molecule has 1 aromatic heterocycles. The second-order valence-corrected chi connectivity index (χ2v) is 5.98. The lowest BCUT2D eigenvalue weighted by atomic mass is 10.2. The number of nitrogens with zero attached hydrogens (tertiary/aromatic N) is 3. The number of unbranched alkanes of at least 4 members (excludes halogenated alkanes) is 1. The molecule has 0 saturated carbocycles. The molecule has 0 atom stereocenters. The van der Waals surface area contributed by atoms with Gasteiger partial charge in [-0.25, -0.2) is 4.68 Å². The molecule has 0 N–H and O–H groups in total. The summed E-state index contributed by atoms with van der Waals surface area (Å²) in [5.74, 6) is 0.138. The van der Waals surface area contributed by atoms with Gasteiger partial charge in [0.1, 0.15) is 5.78 Å². The molecule has 0 radical (unpaired) electrons. The van der Waals surface area contributed by atoms with E-state index in [1.165, 1.54) is 0 Å². The number of carbonyl (C=O) groups excluding carboxylic acids is 1. The van der Waals surface area contributed by atoms with Gasteiger partial charge in [-0.05, 0) is 19.8 Å². The van der Waals surface area contributed by atoms with Gasteiger partial charge in [-0.15, -0.1) is 5.10 Å². The number of ketones is 1. The largest absolute Gasteiger partial charge is 0.379 e. The molecule has 8 nitrogen and oxygen atoms in total. The summed E-state index contributed by atoms with van der Waals surface area (Å²) in [6, 6.07) is 0. The summed E-state index contributed by atoms with van der Waals surface area (Å²) in [5.41, 5.74) is 1.04. The highest BCUT2D eigenvalue weighted by molar-refractivity contribution is 5.75. The highest BCUT2D eigenvalue weighted by Gasteiger charge is 2.00. The Morgan fingerprint density at radius 3 is 2.12 bits per heavy atom. The fraction of sp³-hybridized carbons (Fsp3) is 0.833. The van der Waals surface area contributed by atoms with Crippen LogP contribution in [0.3, 0.4) is 0 Å². The molecule has 1 aromatic rings. The van der Waals surface area contributed by atoms with Crippen LogP contribution in [0.25, 0.3) is 0 Å². The monoisotopic (exact) mass is 371 g/mol. The molecular formula is C18H33N3O5. The van der Waals surface area contributed by atoms with Crippen molar-refractivity contribution in [3.63, 3.8) is 0 Å². The fourth-order valence-electron chi connectivity index (χ4n) is 2.06. The van der Waals surface area contributed by atoms with E-state index in [9.17, 15) is 4.79 Å². The summed E-state index contributed by atoms with van der Waals surface area (Å²) in [4.78, 5) is 10.7. The predicted octanol–water partition coefficient (Wildman–Crippen LogP) is 1.67. The van der Waals surface area contributed by atoms with Gasteiger partial charge in [0.2, 0.25) is 0 Å². The molecule has 0 saturated heterocycles. The molecule has 0 aliphatic rings. The summed E-state index contributed by atoms with van der Waals surface area (Å²) in [6.45, 7) is 8.62. The molecule has 0 unspecified atom stereocenters. The third-order valence-electron chi connectivity index (χ3n) is 3.55. The first-order valence-corrected chi connectivity index (χ1v) is 9.41. The summed E-state index contributed by atoms with van der Waals surface area (Å²) in [5, 5.41) is 8.22. The van der Waals surface area contributed by atoms with Gasteiger partial charge < -0.3 is 18.9 Å². The summed E-state index contributed by atoms with van der Waals surface area (Å²) in [7, 11) is 0. The van der Waals surface area contributed by atoms with E-state index in [2.05, 4.69) is 17.2 Å². The van der Waals surface area contributed by atoms with E-state index < -0.39 is 0 Å². The fourth-order valence-corrected chi connectivity index (χ4v) is 2.06. The minimum atomic E-state index is 0.138. The van der Waals surface area contributed by atoms with Crippen molar-refractivity contribution in [3.8, 4) is 0 Å². The van der Waals surface area contributed by atoms with Crippen LogP contribution in [-0.2, 0) is 36.7 Å². The topological polar surface area (TPSA) is 84.7 Å². The normalized spacial score (nSPS) is 11.2. The lowest BCUT2D eigenvalue weighted by Gasteiger charge is -2.07. The number of rotatable bonds is 18. The van der Waals surface area contributed by atoms with E-state index in [-0.39, 0.29) is 5.78 Å². The molecule has 26 heavy (non-hydrogen) atoms. The lowest BCUT2D eigenvalue weighted by Crippen LogP contribution is -2.13. The Hall–Kier alpha value is -1.35. The Bertz CT molecular complexity index is 467. The Morgan fingerprint density at radius 1 is 0.962 bits per heavy atom. The van der Waals surface area contributed by atoms with Crippen LogP contribution in [0.2, 0.25) is 0 Å². The number of Topliss-reactive ketones (excluding diaryl/α,β-unsaturated/α-hetero) is 1. The maximum Gasteiger partial charge on any atom is 0.132 e. The zero-order chi connectivity index (χ0) is 18.9. The number of aromatic nitrogens is 3. The van der Waals surface area contributed by atoms with Gasteiger partial charge in [-0.3, -0.25) is 4.79 Å². The third kappa shape index (κ3) is 12.9. The van der Waals surface area contributed by atoms with Gasteiger partial charge in [0.15, 0.2) is 0 Å². The van der Waals surface area contributed by atoms with Crippen molar-refractivity contribution >= 4 is 5.78 Å². The molecule has 8 heteroatoms. The lowest BCUT2D eigenvalue weighted by molar-refractivity contribution is -0.118. The quantitative estimate of drug-likeness (QED) is 0.363. The molecule has 0 spiro atoms. The van der Waals surface area contributed by atoms with Crippen LogP contribution in [0.1, 0.15) is 38.8 Å². The molecule has 0 aliphatic carbocycles. The summed E-state index contributed by atoms with van der Waals surface area (Å²) < 4.78 is 23.4. The van der Waals surface area contributed by atoms with Crippen LogP contribution in [0.4, 0.5) is 0 Å². The van der Waals surface area contributed by atoms with Gasteiger partial charge in [0.05, 0.1) is 65.1 Å². The SMILES string of the molecule is CCCCc1cn(CCOCCOCCOCCOCCC(C)=O)nn1. The van der Waals surface area contributed by atoms with Crippen molar-refractivity contribution in [2.75, 3.05) is 52.9 Å². The van der Waals surface area contributed by atoms with Crippen molar-refractivity contribution in [3.05, 3.63) is 11.9 Å². The number of hydrogen-bond acceptors (Lipinski definition) is 7. The first-order valence-electron chi connectivity index (χ1n) is 9.41. The van der Waals surface area contributed by atoms with E-state index in [1.54, 1.807) is 6.92 Å². The average molecular weight is 371 g/mol. The Morgan fingerprint density at radius 2 is 1.54 bits per heavy atom. The minimum Gasteiger partial charge on any atom is -0.379 e. The molecule has 0 amide bonds. The summed E-state index contributed by atoms with van der Waals surface area (Å²) in [6.07, 6.45) is 5.73. The molecule has 0 fully saturated rings. The molecule has 0 aromatic carbocycles. The van der Waals surface area contributed by atoms with Crippen molar-refractivity contribution < 1.29 is 23.7 Å². The van der Waals surface area contributed by atoms with E-state index in [0.29, 0.717) is 65.8 Å². The Labute approximate surface area is 156 Å². The maximum atomic E-state index is 10.7. The van der Waals surface area contributed by atoms with E-state index in [4.69, 9.17) is 18.9 Å². The van der Waals surface area contributed by atoms with Gasteiger partial charge in [-0.2, -0.15) is 0 Å². The maximum absolute atomic E-state index is 10.7. The average Bonchev–Trinajstić information content (AvgIpc) is 3.07. The molecule has 150 valence electrons. The van der Waals surface area contributed by atoms with Crippen LogP contribution in [0.15, 0.2) is 6.20 Å². The van der Waals surface area contributed by atoms with Gasteiger partial charge >= 0.3 is 0 Å². The highest BCUT2D eigenvalue weighted by atomic mass is 16.6. The number of ether oxygens (including phenoxy) is 4. The standard InChI is InChI=1S/C18H33N3O5/c1-3-4-5-18-16-21(20-19-18)7-9-24-11-13-26-15-14-25-12-10-23-8-6-17(2)22/h16H,3-15H2,1-2H3. The van der Waals surface area contributed by atoms with Crippen LogP contribution in [0, 0.1) is 0 Å². The molecule has 0 aliphatic heterocycles. The third-order valence-corrected chi connectivity index (χ3v) is 3.55. The number of carbonyl (C=O) groups is 1. The second-order valence-electron chi connectivity index (χ2n) is 5.98. The van der Waals surface area contributed by atoms with Crippen molar-refractivity contribution in [2.24, 2.45) is 0 Å². The van der Waals surface area contributed by atoms with Crippen molar-refractivity contribution in [2.45, 2.75) is 46.1 Å². The molecule has 1 rings (SSSR count). The first kappa shape index (κ1) is 22.7. The zero-order valence-corrected chi connectivity index (χ0v) is 16.2. The minimum absolute atomic E-state index is 0.138.